The summed E-state index contributed by atoms with van der Waals surface area (Å²) >= 11 is 5.33. The second-order valence-electron chi connectivity index (χ2n) is 4.72. The van der Waals surface area contributed by atoms with Gasteiger partial charge in [0.15, 0.2) is 4.77 Å². The van der Waals surface area contributed by atoms with E-state index in [4.69, 9.17) is 12.2 Å². The van der Waals surface area contributed by atoms with E-state index < -0.39 is 0 Å². The first kappa shape index (κ1) is 14.8. The summed E-state index contributed by atoms with van der Waals surface area (Å²) < 4.78 is 2.68. The van der Waals surface area contributed by atoms with Gasteiger partial charge < -0.3 is 4.90 Å². The third kappa shape index (κ3) is 2.93. The van der Waals surface area contributed by atoms with E-state index >= 15 is 0 Å². The highest BCUT2D eigenvalue weighted by molar-refractivity contribution is 7.71. The topological polar surface area (TPSA) is 36.9 Å². The van der Waals surface area contributed by atoms with Gasteiger partial charge in [-0.15, -0.1) is 0 Å². The molecule has 0 spiro atoms. The Kier molecular flexibility index (Phi) is 4.95. The van der Waals surface area contributed by atoms with Crippen LogP contribution < -0.4 is 4.90 Å². The van der Waals surface area contributed by atoms with E-state index in [1.54, 1.807) is 0 Å². The fourth-order valence-electron chi connectivity index (χ4n) is 2.39. The molecular formula is C15H22N4S. The van der Waals surface area contributed by atoms with Crippen molar-refractivity contribution in [2.75, 3.05) is 18.0 Å². The highest BCUT2D eigenvalue weighted by atomic mass is 32.1. The van der Waals surface area contributed by atoms with Crippen molar-refractivity contribution < 1.29 is 0 Å². The molecule has 0 saturated carbocycles. The molecule has 2 aromatic rings. The molecule has 1 N–H and O–H groups in total. The van der Waals surface area contributed by atoms with Gasteiger partial charge in [-0.3, -0.25) is 9.67 Å². The molecule has 0 aliphatic carbocycles. The number of anilines is 1. The third-order valence-electron chi connectivity index (χ3n) is 3.45. The number of aromatic amines is 1. The second-order valence-corrected chi connectivity index (χ2v) is 5.11. The van der Waals surface area contributed by atoms with Gasteiger partial charge in [0.05, 0.1) is 0 Å². The minimum Gasteiger partial charge on any atom is -0.372 e. The minimum atomic E-state index is 0.657. The number of aryl methyl sites for hydroxylation is 1. The average molecular weight is 290 g/mol. The largest absolute Gasteiger partial charge is 0.372 e. The van der Waals surface area contributed by atoms with Crippen molar-refractivity contribution in [2.24, 2.45) is 0 Å². The Bertz CT molecular complexity index is 593. The van der Waals surface area contributed by atoms with Crippen molar-refractivity contribution in [3.8, 4) is 5.69 Å². The highest BCUT2D eigenvalue weighted by Gasteiger charge is 2.08. The molecule has 4 nitrogen and oxygen atoms in total. The molecule has 0 amide bonds. The van der Waals surface area contributed by atoms with Crippen LogP contribution in [-0.2, 0) is 6.42 Å². The summed E-state index contributed by atoms with van der Waals surface area (Å²) in [5, 5.41) is 7.19. The van der Waals surface area contributed by atoms with Crippen LogP contribution in [0.5, 0.6) is 0 Å². The molecule has 1 aromatic heterocycles. The molecule has 0 fully saturated rings. The van der Waals surface area contributed by atoms with Gasteiger partial charge in [0.1, 0.15) is 5.82 Å². The van der Waals surface area contributed by atoms with E-state index in [9.17, 15) is 0 Å². The number of hydrogen-bond donors (Lipinski definition) is 1. The summed E-state index contributed by atoms with van der Waals surface area (Å²) in [5.74, 6) is 0.994. The Balaban J connectivity index is 2.35. The van der Waals surface area contributed by atoms with Gasteiger partial charge in [0.2, 0.25) is 0 Å². The Morgan fingerprint density at radius 2 is 1.80 bits per heavy atom. The summed E-state index contributed by atoms with van der Waals surface area (Å²) in [5.41, 5.74) is 2.31. The van der Waals surface area contributed by atoms with Crippen LogP contribution in [0, 0.1) is 4.77 Å². The smallest absolute Gasteiger partial charge is 0.199 e. The van der Waals surface area contributed by atoms with Crippen molar-refractivity contribution in [1.29, 1.82) is 0 Å². The second kappa shape index (κ2) is 6.70. The number of aromatic nitrogens is 3. The van der Waals surface area contributed by atoms with Gasteiger partial charge in [-0.05, 0) is 56.8 Å². The fraction of sp³-hybridized carbons (Fsp3) is 0.467. The summed E-state index contributed by atoms with van der Waals surface area (Å²) in [4.78, 5) is 2.32. The van der Waals surface area contributed by atoms with Crippen LogP contribution in [0.3, 0.4) is 0 Å². The van der Waals surface area contributed by atoms with E-state index in [0.29, 0.717) is 4.77 Å². The standard InChI is InChI=1S/C15H22N4S/c1-4-7-14-16-17-15(20)19(14)13-10-8-12(9-11-13)18(5-2)6-3/h8-11H,4-7H2,1-3H3,(H,17,20). The molecule has 1 aromatic carbocycles. The lowest BCUT2D eigenvalue weighted by atomic mass is 10.2. The monoisotopic (exact) mass is 290 g/mol. The van der Waals surface area contributed by atoms with Crippen LogP contribution in [0.25, 0.3) is 5.69 Å². The Morgan fingerprint density at radius 3 is 2.35 bits per heavy atom. The average Bonchev–Trinajstić information content (AvgIpc) is 2.83. The Hall–Kier alpha value is -1.62. The van der Waals surface area contributed by atoms with Crippen LogP contribution in [0.2, 0.25) is 0 Å². The van der Waals surface area contributed by atoms with Gasteiger partial charge >= 0.3 is 0 Å². The molecule has 108 valence electrons. The maximum atomic E-state index is 5.33. The molecule has 0 saturated heterocycles. The van der Waals surface area contributed by atoms with Crippen LogP contribution in [0.15, 0.2) is 24.3 Å². The zero-order chi connectivity index (χ0) is 14.5. The number of H-pyrrole nitrogens is 1. The van der Waals surface area contributed by atoms with Gasteiger partial charge in [-0.25, -0.2) is 0 Å². The van der Waals surface area contributed by atoms with E-state index in [0.717, 1.165) is 37.4 Å². The Morgan fingerprint density at radius 1 is 1.15 bits per heavy atom. The SMILES string of the molecule is CCCc1n[nH]c(=S)n1-c1ccc(N(CC)CC)cc1. The quantitative estimate of drug-likeness (QED) is 0.824. The summed E-state index contributed by atoms with van der Waals surface area (Å²) in [7, 11) is 0. The maximum Gasteiger partial charge on any atom is 0.199 e. The summed E-state index contributed by atoms with van der Waals surface area (Å²) in [6.07, 6.45) is 1.97. The number of nitrogens with zero attached hydrogens (tertiary/aromatic N) is 3. The van der Waals surface area contributed by atoms with Crippen LogP contribution in [0.4, 0.5) is 5.69 Å². The predicted molar refractivity (Wildman–Crippen MR) is 86.3 cm³/mol. The molecule has 0 aliphatic rings. The maximum absolute atomic E-state index is 5.33. The molecule has 0 unspecified atom stereocenters. The summed E-state index contributed by atoms with van der Waals surface area (Å²) in [6, 6.07) is 8.51. The predicted octanol–water partition coefficient (Wildman–Crippen LogP) is 3.73. The van der Waals surface area contributed by atoms with E-state index in [1.165, 1.54) is 5.69 Å². The minimum absolute atomic E-state index is 0.657. The molecule has 0 atom stereocenters. The van der Waals surface area contributed by atoms with Crippen molar-refractivity contribution in [3.05, 3.63) is 34.9 Å². The van der Waals surface area contributed by atoms with E-state index in [1.807, 2.05) is 4.57 Å². The first-order valence-corrected chi connectivity index (χ1v) is 7.63. The molecule has 0 radical (unpaired) electrons. The zero-order valence-electron chi connectivity index (χ0n) is 12.4. The molecular weight excluding hydrogens is 268 g/mol. The van der Waals surface area contributed by atoms with Gasteiger partial charge in [-0.2, -0.15) is 5.10 Å². The van der Waals surface area contributed by atoms with E-state index in [2.05, 4.69) is 60.1 Å². The lowest BCUT2D eigenvalue weighted by molar-refractivity contribution is 0.801. The number of hydrogen-bond acceptors (Lipinski definition) is 3. The number of nitrogens with one attached hydrogen (secondary N) is 1. The summed E-state index contributed by atoms with van der Waals surface area (Å²) in [6.45, 7) is 8.52. The first-order chi connectivity index (χ1) is 9.71. The first-order valence-electron chi connectivity index (χ1n) is 7.22. The lowest BCUT2D eigenvalue weighted by Gasteiger charge is -2.21. The molecule has 0 aliphatic heterocycles. The van der Waals surface area contributed by atoms with Gasteiger partial charge in [-0.1, -0.05) is 6.92 Å². The van der Waals surface area contributed by atoms with Crippen molar-refractivity contribution in [1.82, 2.24) is 14.8 Å². The van der Waals surface area contributed by atoms with Crippen molar-refractivity contribution >= 4 is 17.9 Å². The number of benzene rings is 1. The lowest BCUT2D eigenvalue weighted by Crippen LogP contribution is -2.21. The van der Waals surface area contributed by atoms with Crippen LogP contribution in [0.1, 0.15) is 33.0 Å². The molecule has 2 rings (SSSR count). The van der Waals surface area contributed by atoms with Crippen molar-refractivity contribution in [3.63, 3.8) is 0 Å². The van der Waals surface area contributed by atoms with Crippen molar-refractivity contribution in [2.45, 2.75) is 33.6 Å². The highest BCUT2D eigenvalue weighted by Crippen LogP contribution is 2.19. The van der Waals surface area contributed by atoms with Gasteiger partial charge in [0, 0.05) is 30.9 Å². The normalized spacial score (nSPS) is 10.8. The Labute approximate surface area is 125 Å². The van der Waals surface area contributed by atoms with Crippen LogP contribution >= 0.6 is 12.2 Å². The molecule has 1 heterocycles. The molecule has 20 heavy (non-hydrogen) atoms. The zero-order valence-corrected chi connectivity index (χ0v) is 13.2. The fourth-order valence-corrected chi connectivity index (χ4v) is 2.64. The van der Waals surface area contributed by atoms with Gasteiger partial charge in [0.25, 0.3) is 0 Å². The molecule has 0 bridgehead atoms. The van der Waals surface area contributed by atoms with Crippen LogP contribution in [-0.4, -0.2) is 27.9 Å². The number of rotatable bonds is 6. The van der Waals surface area contributed by atoms with E-state index in [-0.39, 0.29) is 0 Å². The molecule has 5 heteroatoms. The third-order valence-corrected chi connectivity index (χ3v) is 3.73.